The fourth-order valence-electron chi connectivity index (χ4n) is 1.90. The van der Waals surface area contributed by atoms with Crippen LogP contribution < -0.4 is 10.1 Å². The first-order valence-electron chi connectivity index (χ1n) is 7.01. The zero-order valence-corrected chi connectivity index (χ0v) is 12.7. The SMILES string of the molecule is Cc1c(CNc2ccccc2OCC(C)C)cnn1C. The third-order valence-corrected chi connectivity index (χ3v) is 3.27. The number of aromatic nitrogens is 2. The van der Waals surface area contributed by atoms with E-state index in [9.17, 15) is 0 Å². The van der Waals surface area contributed by atoms with Crippen molar-refractivity contribution >= 4 is 5.69 Å². The molecule has 0 amide bonds. The van der Waals surface area contributed by atoms with Gasteiger partial charge in [0.05, 0.1) is 18.5 Å². The first-order valence-corrected chi connectivity index (χ1v) is 7.01. The van der Waals surface area contributed by atoms with Crippen molar-refractivity contribution in [3.63, 3.8) is 0 Å². The molecule has 108 valence electrons. The van der Waals surface area contributed by atoms with Crippen LogP contribution in [0.2, 0.25) is 0 Å². The van der Waals surface area contributed by atoms with Crippen LogP contribution >= 0.6 is 0 Å². The Bertz CT molecular complexity index is 561. The monoisotopic (exact) mass is 273 g/mol. The number of hydrogen-bond acceptors (Lipinski definition) is 3. The number of para-hydroxylation sites is 2. The van der Waals surface area contributed by atoms with E-state index in [2.05, 4.69) is 31.2 Å². The molecule has 2 aromatic rings. The van der Waals surface area contributed by atoms with Crippen LogP contribution in [-0.4, -0.2) is 16.4 Å². The molecule has 0 unspecified atom stereocenters. The van der Waals surface area contributed by atoms with Crippen molar-refractivity contribution in [2.45, 2.75) is 27.3 Å². The fraction of sp³-hybridized carbons (Fsp3) is 0.438. The van der Waals surface area contributed by atoms with Crippen LogP contribution in [-0.2, 0) is 13.6 Å². The van der Waals surface area contributed by atoms with Crippen LogP contribution in [0.4, 0.5) is 5.69 Å². The molecular weight excluding hydrogens is 250 g/mol. The summed E-state index contributed by atoms with van der Waals surface area (Å²) in [6.07, 6.45) is 1.90. The van der Waals surface area contributed by atoms with Crippen LogP contribution in [0.15, 0.2) is 30.5 Å². The van der Waals surface area contributed by atoms with E-state index >= 15 is 0 Å². The first kappa shape index (κ1) is 14.4. The van der Waals surface area contributed by atoms with Gasteiger partial charge in [-0.05, 0) is 25.0 Å². The predicted molar refractivity (Wildman–Crippen MR) is 82.0 cm³/mol. The summed E-state index contributed by atoms with van der Waals surface area (Å²) in [5.74, 6) is 1.42. The molecule has 1 aromatic carbocycles. The molecule has 0 radical (unpaired) electrons. The van der Waals surface area contributed by atoms with Gasteiger partial charge in [0.25, 0.3) is 0 Å². The lowest BCUT2D eigenvalue weighted by Crippen LogP contribution is -2.07. The van der Waals surface area contributed by atoms with Crippen LogP contribution in [0, 0.1) is 12.8 Å². The van der Waals surface area contributed by atoms with Gasteiger partial charge in [0, 0.05) is 24.8 Å². The van der Waals surface area contributed by atoms with Gasteiger partial charge in [-0.25, -0.2) is 0 Å². The average molecular weight is 273 g/mol. The highest BCUT2D eigenvalue weighted by atomic mass is 16.5. The number of nitrogens with zero attached hydrogens (tertiary/aromatic N) is 2. The van der Waals surface area contributed by atoms with E-state index in [-0.39, 0.29) is 0 Å². The molecule has 4 heteroatoms. The zero-order valence-electron chi connectivity index (χ0n) is 12.7. The van der Waals surface area contributed by atoms with Crippen LogP contribution in [0.5, 0.6) is 5.75 Å². The van der Waals surface area contributed by atoms with Gasteiger partial charge in [-0.2, -0.15) is 5.10 Å². The van der Waals surface area contributed by atoms with E-state index in [0.29, 0.717) is 5.92 Å². The summed E-state index contributed by atoms with van der Waals surface area (Å²) in [5.41, 5.74) is 3.40. The second-order valence-electron chi connectivity index (χ2n) is 5.43. The van der Waals surface area contributed by atoms with Gasteiger partial charge in [-0.3, -0.25) is 4.68 Å². The van der Waals surface area contributed by atoms with Gasteiger partial charge >= 0.3 is 0 Å². The third kappa shape index (κ3) is 3.53. The van der Waals surface area contributed by atoms with E-state index in [0.717, 1.165) is 24.6 Å². The minimum Gasteiger partial charge on any atom is -0.491 e. The highest BCUT2D eigenvalue weighted by molar-refractivity contribution is 5.56. The van der Waals surface area contributed by atoms with Crippen LogP contribution in [0.25, 0.3) is 0 Å². The summed E-state index contributed by atoms with van der Waals surface area (Å²) in [5, 5.41) is 7.68. The lowest BCUT2D eigenvalue weighted by Gasteiger charge is -2.14. The molecule has 1 N–H and O–H groups in total. The van der Waals surface area contributed by atoms with Crippen molar-refractivity contribution in [3.05, 3.63) is 41.7 Å². The summed E-state index contributed by atoms with van der Waals surface area (Å²) in [4.78, 5) is 0. The molecule has 0 bridgehead atoms. The van der Waals surface area contributed by atoms with Crippen molar-refractivity contribution in [3.8, 4) is 5.75 Å². The van der Waals surface area contributed by atoms with E-state index in [1.807, 2.05) is 42.2 Å². The Morgan fingerprint density at radius 2 is 2.05 bits per heavy atom. The second kappa shape index (κ2) is 6.46. The van der Waals surface area contributed by atoms with Gasteiger partial charge in [0.2, 0.25) is 0 Å². The Morgan fingerprint density at radius 1 is 1.30 bits per heavy atom. The van der Waals surface area contributed by atoms with Crippen molar-refractivity contribution in [1.29, 1.82) is 0 Å². The number of anilines is 1. The Balaban J connectivity index is 2.03. The number of hydrogen-bond donors (Lipinski definition) is 1. The molecule has 1 aromatic heterocycles. The number of aryl methyl sites for hydroxylation is 1. The van der Waals surface area contributed by atoms with Crippen molar-refractivity contribution < 1.29 is 4.74 Å². The van der Waals surface area contributed by atoms with E-state index in [1.54, 1.807) is 0 Å². The lowest BCUT2D eigenvalue weighted by molar-refractivity contribution is 0.272. The van der Waals surface area contributed by atoms with Crippen molar-refractivity contribution in [2.24, 2.45) is 13.0 Å². The molecule has 0 saturated carbocycles. The van der Waals surface area contributed by atoms with Gasteiger partial charge in [0.1, 0.15) is 5.75 Å². The molecule has 2 rings (SSSR count). The largest absolute Gasteiger partial charge is 0.491 e. The normalized spacial score (nSPS) is 10.8. The zero-order chi connectivity index (χ0) is 14.5. The Hall–Kier alpha value is -1.97. The van der Waals surface area contributed by atoms with Crippen molar-refractivity contribution in [1.82, 2.24) is 9.78 Å². The molecule has 0 fully saturated rings. The molecule has 0 atom stereocenters. The molecular formula is C16H23N3O. The van der Waals surface area contributed by atoms with Gasteiger partial charge in [-0.15, -0.1) is 0 Å². The molecule has 4 nitrogen and oxygen atoms in total. The minimum absolute atomic E-state index is 0.517. The quantitative estimate of drug-likeness (QED) is 0.877. The smallest absolute Gasteiger partial charge is 0.142 e. The van der Waals surface area contributed by atoms with E-state index < -0.39 is 0 Å². The second-order valence-corrected chi connectivity index (χ2v) is 5.43. The summed E-state index contributed by atoms with van der Waals surface area (Å²) < 4.78 is 7.73. The Labute approximate surface area is 120 Å². The van der Waals surface area contributed by atoms with E-state index in [1.165, 1.54) is 11.3 Å². The predicted octanol–water partition coefficient (Wildman–Crippen LogP) is 3.38. The van der Waals surface area contributed by atoms with Gasteiger partial charge < -0.3 is 10.1 Å². The molecule has 20 heavy (non-hydrogen) atoms. The summed E-state index contributed by atoms with van der Waals surface area (Å²) >= 11 is 0. The molecule has 0 aliphatic carbocycles. The number of ether oxygens (including phenoxy) is 1. The first-order chi connectivity index (χ1) is 9.58. The fourth-order valence-corrected chi connectivity index (χ4v) is 1.90. The molecule has 0 saturated heterocycles. The average Bonchev–Trinajstić information content (AvgIpc) is 2.75. The summed E-state index contributed by atoms with van der Waals surface area (Å²) in [6, 6.07) is 8.05. The highest BCUT2D eigenvalue weighted by Crippen LogP contribution is 2.25. The molecule has 1 heterocycles. The van der Waals surface area contributed by atoms with Crippen LogP contribution in [0.3, 0.4) is 0 Å². The topological polar surface area (TPSA) is 39.1 Å². The maximum atomic E-state index is 5.84. The molecule has 0 aliphatic heterocycles. The van der Waals surface area contributed by atoms with Gasteiger partial charge in [0.15, 0.2) is 0 Å². The maximum absolute atomic E-state index is 5.84. The summed E-state index contributed by atoms with van der Waals surface area (Å²) in [6.45, 7) is 7.85. The summed E-state index contributed by atoms with van der Waals surface area (Å²) in [7, 11) is 1.96. The highest BCUT2D eigenvalue weighted by Gasteiger charge is 2.06. The number of benzene rings is 1. The number of nitrogens with one attached hydrogen (secondary N) is 1. The maximum Gasteiger partial charge on any atom is 0.142 e. The third-order valence-electron chi connectivity index (χ3n) is 3.27. The Morgan fingerprint density at radius 3 is 2.70 bits per heavy atom. The van der Waals surface area contributed by atoms with Gasteiger partial charge in [-0.1, -0.05) is 26.0 Å². The number of rotatable bonds is 6. The lowest BCUT2D eigenvalue weighted by atomic mass is 10.2. The molecule has 0 aliphatic rings. The Kier molecular flexibility index (Phi) is 4.66. The van der Waals surface area contributed by atoms with Crippen LogP contribution in [0.1, 0.15) is 25.1 Å². The molecule has 0 spiro atoms. The minimum atomic E-state index is 0.517. The standard InChI is InChI=1S/C16H23N3O/c1-12(2)11-20-16-8-6-5-7-15(16)17-9-14-10-18-19(4)13(14)3/h5-8,10,12,17H,9,11H2,1-4H3. The van der Waals surface area contributed by atoms with E-state index in [4.69, 9.17) is 4.74 Å². The van der Waals surface area contributed by atoms with Crippen molar-refractivity contribution in [2.75, 3.05) is 11.9 Å².